The molecule has 0 radical (unpaired) electrons. The standard InChI is InChI=1S/C27H29.C9H13.C9H10.2ClH.Zr/c1-16-7-9-26(3,4)24-12-18-11-19-13-25-21(17(2)8-10-27(25,5)6)15-23(19)22(18)14-20(16)24;1-9(2,3)8-6-4-5-7-8;1-3-9-6-4-8(2)5-7-9;;;/h7-8,11-15H,9-10H2,1-6H3;6-7H,4H2,1-3H3;4-7H,1-2H3;2*1H;/q;;;;;+2/p-2. The first-order valence-electron chi connectivity index (χ1n) is 17.5. The molecule has 48 heavy (non-hydrogen) atoms. The van der Waals surface area contributed by atoms with Crippen molar-refractivity contribution in [1.29, 1.82) is 0 Å². The Morgan fingerprint density at radius 2 is 1.17 bits per heavy atom. The summed E-state index contributed by atoms with van der Waals surface area (Å²) in [7, 11) is 0. The van der Waals surface area contributed by atoms with Crippen molar-refractivity contribution >= 4 is 14.4 Å². The van der Waals surface area contributed by atoms with Crippen molar-refractivity contribution in [3.05, 3.63) is 126 Å². The molecule has 0 saturated heterocycles. The van der Waals surface area contributed by atoms with Crippen LogP contribution in [0.5, 0.6) is 0 Å². The minimum Gasteiger partial charge on any atom is -1.00 e. The van der Waals surface area contributed by atoms with Crippen LogP contribution in [0.4, 0.5) is 0 Å². The Balaban J connectivity index is 0.00000225. The van der Waals surface area contributed by atoms with E-state index >= 15 is 0 Å². The third-order valence-corrected chi connectivity index (χ3v) is 19.9. The molecule has 4 aliphatic carbocycles. The first kappa shape index (κ1) is 37.2. The van der Waals surface area contributed by atoms with E-state index in [9.17, 15) is 0 Å². The molecule has 0 bridgehead atoms. The molecule has 0 aromatic heterocycles. The maximum atomic E-state index is 2.70. The van der Waals surface area contributed by atoms with Crippen LogP contribution < -0.4 is 24.8 Å². The number of hydrogen-bond donors (Lipinski definition) is 0. The predicted octanol–water partition coefficient (Wildman–Crippen LogP) is 6.36. The van der Waals surface area contributed by atoms with Gasteiger partial charge in [0.2, 0.25) is 0 Å². The second kappa shape index (κ2) is 12.9. The van der Waals surface area contributed by atoms with E-state index in [1.165, 1.54) is 50.1 Å². The van der Waals surface area contributed by atoms with E-state index in [2.05, 4.69) is 149 Å². The third-order valence-electron chi connectivity index (χ3n) is 11.7. The normalized spacial score (nSPS) is 18.9. The first-order chi connectivity index (χ1) is 21.6. The summed E-state index contributed by atoms with van der Waals surface area (Å²) < 4.78 is 3.91. The van der Waals surface area contributed by atoms with Gasteiger partial charge in [-0.05, 0) is 0 Å². The van der Waals surface area contributed by atoms with Gasteiger partial charge in [-0.25, -0.2) is 0 Å². The van der Waals surface area contributed by atoms with Crippen LogP contribution in [0.2, 0.25) is 0 Å². The number of aryl methyl sites for hydroxylation is 1. The van der Waals surface area contributed by atoms with Crippen molar-refractivity contribution < 1.29 is 46.1 Å². The van der Waals surface area contributed by atoms with E-state index < -0.39 is 21.3 Å². The summed E-state index contributed by atoms with van der Waals surface area (Å²) in [5.74, 6) is 0. The molecule has 3 aromatic carbocycles. The summed E-state index contributed by atoms with van der Waals surface area (Å²) in [6, 6.07) is 20.1. The van der Waals surface area contributed by atoms with Gasteiger partial charge in [0.05, 0.1) is 0 Å². The van der Waals surface area contributed by atoms with Gasteiger partial charge < -0.3 is 24.8 Å². The predicted molar refractivity (Wildman–Crippen MR) is 198 cm³/mol. The van der Waals surface area contributed by atoms with Gasteiger partial charge in [0, 0.05) is 0 Å². The molecular weight excluding hydrogens is 703 g/mol. The van der Waals surface area contributed by atoms with Crippen LogP contribution in [-0.4, -0.2) is 3.21 Å². The average molecular weight is 755 g/mol. The van der Waals surface area contributed by atoms with Gasteiger partial charge in [0.1, 0.15) is 0 Å². The molecule has 0 unspecified atom stereocenters. The summed E-state index contributed by atoms with van der Waals surface area (Å²) in [6.45, 7) is 26.3. The Bertz CT molecular complexity index is 1880. The zero-order valence-electron chi connectivity index (χ0n) is 30.9. The van der Waals surface area contributed by atoms with E-state index in [1.807, 2.05) is 0 Å². The molecule has 0 heterocycles. The van der Waals surface area contributed by atoms with Gasteiger partial charge in [-0.1, -0.05) is 0 Å². The van der Waals surface area contributed by atoms with Crippen LogP contribution in [0, 0.1) is 12.3 Å². The topological polar surface area (TPSA) is 0 Å². The fourth-order valence-electron chi connectivity index (χ4n) is 8.52. The first-order valence-corrected chi connectivity index (χ1v) is 21.4. The molecule has 250 valence electrons. The van der Waals surface area contributed by atoms with Crippen molar-refractivity contribution in [3.8, 4) is 11.1 Å². The zero-order chi connectivity index (χ0) is 32.9. The Morgan fingerprint density at radius 1 is 0.688 bits per heavy atom. The van der Waals surface area contributed by atoms with Gasteiger partial charge in [-0.2, -0.15) is 0 Å². The molecule has 0 spiro atoms. The minimum atomic E-state index is -2.60. The van der Waals surface area contributed by atoms with Gasteiger partial charge >= 0.3 is 288 Å². The average Bonchev–Trinajstić information content (AvgIpc) is 3.61. The van der Waals surface area contributed by atoms with Crippen LogP contribution >= 0.6 is 0 Å². The van der Waals surface area contributed by atoms with Crippen molar-refractivity contribution in [2.24, 2.45) is 5.41 Å². The van der Waals surface area contributed by atoms with Crippen LogP contribution in [0.1, 0.15) is 137 Å². The number of hydrogen-bond acceptors (Lipinski definition) is 0. The summed E-state index contributed by atoms with van der Waals surface area (Å²) in [5, 5.41) is 0. The molecule has 7 rings (SSSR count). The summed E-state index contributed by atoms with van der Waals surface area (Å²) in [5.41, 5.74) is 19.9. The van der Waals surface area contributed by atoms with E-state index in [4.69, 9.17) is 0 Å². The summed E-state index contributed by atoms with van der Waals surface area (Å²) >= 11 is -2.60. The monoisotopic (exact) mass is 752 g/mol. The molecule has 4 aliphatic rings. The largest absolute Gasteiger partial charge is 1.00 e. The SMILES string of the molecule is CC1=CCC(C)(C)c2cc3c(cc21)-c1cc2c(cc1[CH]3/[Zr+2]([C]1=CC(C(C)(C)C)=CC1)=[C](\C)c1ccc(C)cc1)C(C)(C)CC=C2C.[Cl-].[Cl-]. The van der Waals surface area contributed by atoms with Crippen LogP contribution in [0.3, 0.4) is 0 Å². The number of allylic oxidation sites excluding steroid dienone is 8. The molecule has 3 aromatic rings. The molecule has 0 N–H and O–H groups in total. The quantitative estimate of drug-likeness (QED) is 0.292. The molecule has 0 aliphatic heterocycles. The molecule has 3 heteroatoms. The van der Waals surface area contributed by atoms with Crippen molar-refractivity contribution in [1.82, 2.24) is 0 Å². The Hall–Kier alpha value is -2.05. The van der Waals surface area contributed by atoms with E-state index in [-0.39, 0.29) is 41.1 Å². The fourth-order valence-corrected chi connectivity index (χ4v) is 17.1. The van der Waals surface area contributed by atoms with Crippen molar-refractivity contribution in [2.75, 3.05) is 0 Å². The van der Waals surface area contributed by atoms with Crippen molar-refractivity contribution in [2.45, 2.75) is 110 Å². The molecule has 0 saturated carbocycles. The number of rotatable bonds is 3. The maximum Gasteiger partial charge on any atom is -1.00 e. The zero-order valence-corrected chi connectivity index (χ0v) is 34.9. The Morgan fingerprint density at radius 3 is 1.60 bits per heavy atom. The van der Waals surface area contributed by atoms with Crippen LogP contribution in [0.15, 0.2) is 81.7 Å². The Labute approximate surface area is 310 Å². The van der Waals surface area contributed by atoms with E-state index in [0.717, 1.165) is 19.3 Å². The number of fused-ring (bicyclic) bond motifs is 5. The molecule has 0 amide bonds. The number of halogens is 2. The fraction of sp³-hybridized carbons (Fsp3) is 0.400. The Kier molecular flexibility index (Phi) is 10.0. The van der Waals surface area contributed by atoms with E-state index in [0.29, 0.717) is 3.63 Å². The second-order valence-corrected chi connectivity index (χ2v) is 23.9. The van der Waals surface area contributed by atoms with E-state index in [1.54, 1.807) is 28.7 Å². The maximum absolute atomic E-state index is 2.70. The molecule has 0 nitrogen and oxygen atoms in total. The van der Waals surface area contributed by atoms with Gasteiger partial charge in [0.25, 0.3) is 0 Å². The third kappa shape index (κ3) is 6.14. The summed E-state index contributed by atoms with van der Waals surface area (Å²) in [6.07, 6.45) is 13.5. The van der Waals surface area contributed by atoms with Crippen LogP contribution in [0.25, 0.3) is 22.3 Å². The number of benzene rings is 3. The van der Waals surface area contributed by atoms with Gasteiger partial charge in [-0.3, -0.25) is 0 Å². The molecule has 0 fully saturated rings. The summed E-state index contributed by atoms with van der Waals surface area (Å²) in [4.78, 5) is 0. The molecular formula is C45H52Cl2Zr. The van der Waals surface area contributed by atoms with Crippen molar-refractivity contribution in [3.63, 3.8) is 0 Å². The second-order valence-electron chi connectivity index (χ2n) is 17.0. The molecule has 0 atom stereocenters. The van der Waals surface area contributed by atoms with Gasteiger partial charge in [-0.15, -0.1) is 0 Å². The van der Waals surface area contributed by atoms with Gasteiger partial charge in [0.15, 0.2) is 0 Å². The van der Waals surface area contributed by atoms with Crippen LogP contribution in [-0.2, 0) is 32.1 Å². The minimum absolute atomic E-state index is 0. The smallest absolute Gasteiger partial charge is 1.00 e.